The molecule has 0 N–H and O–H groups in total. The predicted molar refractivity (Wildman–Crippen MR) is 36.8 cm³/mol. The van der Waals surface area contributed by atoms with Gasteiger partial charge < -0.3 is 9.05 Å². The third kappa shape index (κ3) is 5.77. The molecule has 0 heterocycles. The van der Waals surface area contributed by atoms with E-state index in [0.29, 0.717) is 6.61 Å². The van der Waals surface area contributed by atoms with Crippen molar-refractivity contribution in [3.63, 3.8) is 0 Å². The molecule has 0 aromatic heterocycles. The zero-order valence-electron chi connectivity index (χ0n) is 5.59. The standard InChI is InChI=1S/C5H11O3P/c1-3-4-5-8-9(6)7-2/h3-4,9H,5H2,1-2H3. The number of rotatable bonds is 4. The number of hydrogen-bond acceptors (Lipinski definition) is 3. The minimum Gasteiger partial charge on any atom is -0.314 e. The van der Waals surface area contributed by atoms with Gasteiger partial charge in [0.2, 0.25) is 0 Å². The fraction of sp³-hybridized carbons (Fsp3) is 0.600. The lowest BCUT2D eigenvalue weighted by molar-refractivity contribution is 0.279. The highest BCUT2D eigenvalue weighted by Crippen LogP contribution is 2.20. The Bertz CT molecular complexity index is 111. The minimum absolute atomic E-state index is 0.363. The molecule has 0 fully saturated rings. The van der Waals surface area contributed by atoms with E-state index in [1.807, 2.05) is 13.0 Å². The normalized spacial score (nSPS) is 14.4. The highest BCUT2D eigenvalue weighted by molar-refractivity contribution is 7.33. The lowest BCUT2D eigenvalue weighted by atomic mass is 10.6. The van der Waals surface area contributed by atoms with Crippen LogP contribution in [-0.2, 0) is 13.6 Å². The Kier molecular flexibility index (Phi) is 5.94. The molecule has 0 aliphatic heterocycles. The Labute approximate surface area is 55.6 Å². The highest BCUT2D eigenvalue weighted by Gasteiger charge is 1.89. The molecule has 0 aliphatic carbocycles. The summed E-state index contributed by atoms with van der Waals surface area (Å²) in [5.74, 6) is 0. The Morgan fingerprint density at radius 3 is 2.78 bits per heavy atom. The van der Waals surface area contributed by atoms with Crippen molar-refractivity contribution in [3.05, 3.63) is 12.2 Å². The molecule has 0 amide bonds. The summed E-state index contributed by atoms with van der Waals surface area (Å²) < 4.78 is 19.4. The van der Waals surface area contributed by atoms with Gasteiger partial charge in [0.05, 0.1) is 6.61 Å². The Balaban J connectivity index is 3.17. The smallest absolute Gasteiger partial charge is 0.314 e. The van der Waals surface area contributed by atoms with Gasteiger partial charge in [-0.05, 0) is 6.92 Å². The summed E-state index contributed by atoms with van der Waals surface area (Å²) in [6.45, 7) is 2.23. The van der Waals surface area contributed by atoms with Crippen molar-refractivity contribution in [2.45, 2.75) is 6.92 Å². The van der Waals surface area contributed by atoms with Crippen molar-refractivity contribution in [1.29, 1.82) is 0 Å². The molecule has 0 spiro atoms. The monoisotopic (exact) mass is 150 g/mol. The molecule has 54 valence electrons. The van der Waals surface area contributed by atoms with Crippen LogP contribution in [0.25, 0.3) is 0 Å². The van der Waals surface area contributed by atoms with Crippen LogP contribution >= 0.6 is 8.25 Å². The van der Waals surface area contributed by atoms with Crippen molar-refractivity contribution < 1.29 is 13.6 Å². The predicted octanol–water partition coefficient (Wildman–Crippen LogP) is 1.62. The van der Waals surface area contributed by atoms with Gasteiger partial charge in [-0.3, -0.25) is 4.57 Å². The number of hydrogen-bond donors (Lipinski definition) is 0. The van der Waals surface area contributed by atoms with Crippen LogP contribution in [0.2, 0.25) is 0 Å². The van der Waals surface area contributed by atoms with Crippen LogP contribution in [0.4, 0.5) is 0 Å². The van der Waals surface area contributed by atoms with Crippen LogP contribution in [0.5, 0.6) is 0 Å². The van der Waals surface area contributed by atoms with Crippen molar-refractivity contribution in [1.82, 2.24) is 0 Å². The summed E-state index contributed by atoms with van der Waals surface area (Å²) in [5.41, 5.74) is 0. The van der Waals surface area contributed by atoms with Gasteiger partial charge in [0.15, 0.2) is 0 Å². The van der Waals surface area contributed by atoms with E-state index in [0.717, 1.165) is 0 Å². The van der Waals surface area contributed by atoms with E-state index in [1.165, 1.54) is 7.11 Å². The molecule has 9 heavy (non-hydrogen) atoms. The van der Waals surface area contributed by atoms with Crippen molar-refractivity contribution in [2.75, 3.05) is 13.7 Å². The average Bonchev–Trinajstić information content (AvgIpc) is 1.89. The van der Waals surface area contributed by atoms with E-state index in [1.54, 1.807) is 6.08 Å². The van der Waals surface area contributed by atoms with Crippen LogP contribution in [0.3, 0.4) is 0 Å². The molecule has 3 nitrogen and oxygen atoms in total. The molecule has 1 unspecified atom stereocenters. The first-order chi connectivity index (χ1) is 4.31. The lowest BCUT2D eigenvalue weighted by Gasteiger charge is -1.95. The maximum atomic E-state index is 10.4. The van der Waals surface area contributed by atoms with Gasteiger partial charge in [0, 0.05) is 7.11 Å². The van der Waals surface area contributed by atoms with E-state index in [9.17, 15) is 4.57 Å². The fourth-order valence-electron chi connectivity index (χ4n) is 0.271. The van der Waals surface area contributed by atoms with Gasteiger partial charge in [-0.1, -0.05) is 12.2 Å². The third-order valence-electron chi connectivity index (χ3n) is 0.700. The second-order valence-electron chi connectivity index (χ2n) is 1.33. The largest absolute Gasteiger partial charge is 0.319 e. The summed E-state index contributed by atoms with van der Waals surface area (Å²) in [5, 5.41) is 0. The summed E-state index contributed by atoms with van der Waals surface area (Å²) in [7, 11) is -0.845. The van der Waals surface area contributed by atoms with E-state index in [-0.39, 0.29) is 0 Å². The van der Waals surface area contributed by atoms with E-state index < -0.39 is 8.25 Å². The summed E-state index contributed by atoms with van der Waals surface area (Å²) in [6, 6.07) is 0. The molecule has 4 heteroatoms. The highest BCUT2D eigenvalue weighted by atomic mass is 31.1. The van der Waals surface area contributed by atoms with Gasteiger partial charge in [-0.25, -0.2) is 0 Å². The van der Waals surface area contributed by atoms with Crippen LogP contribution in [-0.4, -0.2) is 13.7 Å². The van der Waals surface area contributed by atoms with Crippen LogP contribution in [0.15, 0.2) is 12.2 Å². The zero-order chi connectivity index (χ0) is 7.11. The first kappa shape index (κ1) is 8.89. The maximum Gasteiger partial charge on any atom is 0.319 e. The molecule has 0 aromatic carbocycles. The van der Waals surface area contributed by atoms with E-state index in [4.69, 9.17) is 0 Å². The second kappa shape index (κ2) is 6.02. The lowest BCUT2D eigenvalue weighted by Crippen LogP contribution is -1.79. The molecule has 0 aliphatic rings. The van der Waals surface area contributed by atoms with Crippen molar-refractivity contribution in [2.24, 2.45) is 0 Å². The fourth-order valence-corrected chi connectivity index (χ4v) is 0.621. The second-order valence-corrected chi connectivity index (χ2v) is 2.53. The maximum absolute atomic E-state index is 10.4. The van der Waals surface area contributed by atoms with Gasteiger partial charge >= 0.3 is 8.25 Å². The average molecular weight is 150 g/mol. The first-order valence-electron chi connectivity index (χ1n) is 2.63. The Morgan fingerprint density at radius 2 is 2.33 bits per heavy atom. The molecular weight excluding hydrogens is 139 g/mol. The van der Waals surface area contributed by atoms with E-state index in [2.05, 4.69) is 9.05 Å². The molecule has 1 atom stereocenters. The van der Waals surface area contributed by atoms with Crippen LogP contribution < -0.4 is 0 Å². The summed E-state index contributed by atoms with van der Waals surface area (Å²) in [6.07, 6.45) is 3.59. The van der Waals surface area contributed by atoms with Crippen molar-refractivity contribution in [3.8, 4) is 0 Å². The molecule has 0 saturated heterocycles. The number of allylic oxidation sites excluding steroid dienone is 1. The first-order valence-corrected chi connectivity index (χ1v) is 3.85. The Morgan fingerprint density at radius 1 is 1.67 bits per heavy atom. The molecule has 0 radical (unpaired) electrons. The minimum atomic E-state index is -2.20. The van der Waals surface area contributed by atoms with Gasteiger partial charge in [0.25, 0.3) is 0 Å². The van der Waals surface area contributed by atoms with Gasteiger partial charge in [-0.2, -0.15) is 0 Å². The zero-order valence-corrected chi connectivity index (χ0v) is 6.59. The SMILES string of the molecule is CC=CCO[PH](=O)OC. The summed E-state index contributed by atoms with van der Waals surface area (Å²) >= 11 is 0. The Hall–Kier alpha value is -0.110. The van der Waals surface area contributed by atoms with Gasteiger partial charge in [-0.15, -0.1) is 0 Å². The van der Waals surface area contributed by atoms with E-state index >= 15 is 0 Å². The molecule has 0 saturated carbocycles. The van der Waals surface area contributed by atoms with Crippen molar-refractivity contribution >= 4 is 8.25 Å². The quantitative estimate of drug-likeness (QED) is 0.451. The molecule has 0 bridgehead atoms. The third-order valence-corrected chi connectivity index (χ3v) is 1.44. The molecular formula is C5H11O3P. The molecule has 0 rings (SSSR count). The topological polar surface area (TPSA) is 35.5 Å². The van der Waals surface area contributed by atoms with Crippen LogP contribution in [0.1, 0.15) is 6.92 Å². The summed E-state index contributed by atoms with van der Waals surface area (Å²) in [4.78, 5) is 0. The van der Waals surface area contributed by atoms with Crippen LogP contribution in [0, 0.1) is 0 Å². The van der Waals surface area contributed by atoms with Gasteiger partial charge in [0.1, 0.15) is 0 Å². The molecule has 0 aromatic rings.